The lowest BCUT2D eigenvalue weighted by atomic mass is 9.84. The topological polar surface area (TPSA) is 56.2 Å². The minimum atomic E-state index is -0.0626. The Balaban J connectivity index is 1.74. The maximum absolute atomic E-state index is 12.9. The lowest BCUT2D eigenvalue weighted by Crippen LogP contribution is -2.38. The Labute approximate surface area is 133 Å². The first kappa shape index (κ1) is 15.2. The van der Waals surface area contributed by atoms with Gasteiger partial charge in [-0.2, -0.15) is 5.10 Å². The first-order valence-corrected chi connectivity index (χ1v) is 8.50. The normalized spacial score (nSPS) is 28.6. The number of carbonyl (C=O) groups excluding carboxylic acids is 1. The van der Waals surface area contributed by atoms with Crippen molar-refractivity contribution in [3.8, 4) is 0 Å². The second-order valence-electron chi connectivity index (χ2n) is 6.03. The fourth-order valence-electron chi connectivity index (χ4n) is 3.64. The molecule has 1 aliphatic heterocycles. The average Bonchev–Trinajstić information content (AvgIpc) is 3.08. The fraction of sp³-hybridized carbons (Fsp3) is 0.733. The van der Waals surface area contributed by atoms with E-state index in [1.165, 1.54) is 25.7 Å². The van der Waals surface area contributed by atoms with Gasteiger partial charge in [0, 0.05) is 13.2 Å². The second-order valence-corrected chi connectivity index (χ2v) is 6.88. The van der Waals surface area contributed by atoms with E-state index >= 15 is 0 Å². The third-order valence-electron chi connectivity index (χ3n) is 4.71. The van der Waals surface area contributed by atoms with Crippen LogP contribution in [0.15, 0.2) is 10.7 Å². The summed E-state index contributed by atoms with van der Waals surface area (Å²) >= 11 is 3.46. The Morgan fingerprint density at radius 2 is 2.33 bits per heavy atom. The molecule has 0 spiro atoms. The van der Waals surface area contributed by atoms with Crippen LogP contribution in [0.4, 0.5) is 0 Å². The molecule has 0 amide bonds. The monoisotopic (exact) mass is 355 g/mol. The van der Waals surface area contributed by atoms with Crippen molar-refractivity contribution in [2.24, 2.45) is 5.92 Å². The summed E-state index contributed by atoms with van der Waals surface area (Å²) in [5, 5.41) is 7.83. The molecule has 1 aromatic rings. The number of rotatable bonds is 5. The van der Waals surface area contributed by atoms with Gasteiger partial charge in [-0.1, -0.05) is 12.8 Å². The van der Waals surface area contributed by atoms with Gasteiger partial charge < -0.3 is 10.1 Å². The number of halogens is 1. The highest BCUT2D eigenvalue weighted by molar-refractivity contribution is 9.10. The number of ketones is 1. The molecule has 2 fully saturated rings. The van der Waals surface area contributed by atoms with Gasteiger partial charge in [0.2, 0.25) is 0 Å². The van der Waals surface area contributed by atoms with Crippen LogP contribution in [0.2, 0.25) is 0 Å². The fourth-order valence-corrected chi connectivity index (χ4v) is 4.13. The molecule has 3 rings (SSSR count). The Bertz CT molecular complexity index is 503. The summed E-state index contributed by atoms with van der Waals surface area (Å²) in [4.78, 5) is 12.9. The van der Waals surface area contributed by atoms with E-state index in [9.17, 15) is 4.79 Å². The molecule has 1 aliphatic carbocycles. The molecule has 1 aromatic heterocycles. The van der Waals surface area contributed by atoms with Gasteiger partial charge in [0.1, 0.15) is 5.69 Å². The molecular weight excluding hydrogens is 334 g/mol. The van der Waals surface area contributed by atoms with Crippen molar-refractivity contribution in [2.75, 3.05) is 13.7 Å². The summed E-state index contributed by atoms with van der Waals surface area (Å²) in [5.74, 6) is 0.826. The SMILES string of the molecule is COCCn1ncc(Br)c1C(=O)C1CC2CCCCC2N1. The standard InChI is InChI=1S/C15H22BrN3O2/c1-21-7-6-19-14(11(16)9-17-19)15(20)13-8-10-4-2-3-5-12(10)18-13/h9-10,12-13,18H,2-8H2,1H3. The van der Waals surface area contributed by atoms with Crippen molar-refractivity contribution in [1.29, 1.82) is 0 Å². The Morgan fingerprint density at radius 1 is 1.52 bits per heavy atom. The minimum absolute atomic E-state index is 0.0626. The van der Waals surface area contributed by atoms with Crippen molar-refractivity contribution in [1.82, 2.24) is 15.1 Å². The van der Waals surface area contributed by atoms with E-state index in [1.807, 2.05) is 0 Å². The number of nitrogens with one attached hydrogen (secondary N) is 1. The van der Waals surface area contributed by atoms with Gasteiger partial charge in [-0.25, -0.2) is 0 Å². The molecule has 1 saturated carbocycles. The lowest BCUT2D eigenvalue weighted by molar-refractivity contribution is 0.0934. The Kier molecular flexibility index (Phi) is 4.76. The summed E-state index contributed by atoms with van der Waals surface area (Å²) in [6.07, 6.45) is 7.71. The lowest BCUT2D eigenvalue weighted by Gasteiger charge is -2.24. The predicted octanol–water partition coefficient (Wildman–Crippen LogP) is 2.40. The summed E-state index contributed by atoms with van der Waals surface area (Å²) in [5.41, 5.74) is 0.670. The largest absolute Gasteiger partial charge is 0.383 e. The van der Waals surface area contributed by atoms with Crippen LogP contribution in [0.5, 0.6) is 0 Å². The number of ether oxygens (including phenoxy) is 1. The van der Waals surface area contributed by atoms with Crippen LogP contribution in [-0.4, -0.2) is 41.4 Å². The van der Waals surface area contributed by atoms with E-state index in [-0.39, 0.29) is 11.8 Å². The van der Waals surface area contributed by atoms with E-state index in [0.717, 1.165) is 10.9 Å². The van der Waals surface area contributed by atoms with E-state index in [2.05, 4.69) is 26.3 Å². The average molecular weight is 356 g/mol. The molecule has 21 heavy (non-hydrogen) atoms. The van der Waals surface area contributed by atoms with Crippen molar-refractivity contribution in [3.63, 3.8) is 0 Å². The quantitative estimate of drug-likeness (QED) is 0.824. The molecule has 116 valence electrons. The molecular formula is C15H22BrN3O2. The molecule has 3 unspecified atom stereocenters. The zero-order chi connectivity index (χ0) is 14.8. The molecule has 3 atom stereocenters. The van der Waals surface area contributed by atoms with E-state index in [4.69, 9.17) is 4.74 Å². The predicted molar refractivity (Wildman–Crippen MR) is 83.4 cm³/mol. The van der Waals surface area contributed by atoms with Crippen molar-refractivity contribution in [2.45, 2.75) is 50.7 Å². The van der Waals surface area contributed by atoms with Crippen LogP contribution in [0, 0.1) is 5.92 Å². The minimum Gasteiger partial charge on any atom is -0.383 e. The van der Waals surface area contributed by atoms with Crippen LogP contribution in [0.1, 0.15) is 42.6 Å². The van der Waals surface area contributed by atoms with E-state index in [1.54, 1.807) is 18.0 Å². The van der Waals surface area contributed by atoms with Crippen molar-refractivity contribution >= 4 is 21.7 Å². The molecule has 1 N–H and O–H groups in total. The number of hydrogen-bond donors (Lipinski definition) is 1. The van der Waals surface area contributed by atoms with Gasteiger partial charge in [-0.3, -0.25) is 9.48 Å². The van der Waals surface area contributed by atoms with Gasteiger partial charge in [0.05, 0.1) is 29.9 Å². The number of aromatic nitrogens is 2. The molecule has 0 aromatic carbocycles. The summed E-state index contributed by atoms with van der Waals surface area (Å²) in [7, 11) is 1.66. The number of hydrogen-bond acceptors (Lipinski definition) is 4. The third kappa shape index (κ3) is 3.07. The highest BCUT2D eigenvalue weighted by Gasteiger charge is 2.39. The van der Waals surface area contributed by atoms with Crippen LogP contribution < -0.4 is 5.32 Å². The van der Waals surface area contributed by atoms with E-state index in [0.29, 0.717) is 30.8 Å². The van der Waals surface area contributed by atoms with E-state index < -0.39 is 0 Å². The van der Waals surface area contributed by atoms with Crippen LogP contribution in [0.25, 0.3) is 0 Å². The third-order valence-corrected chi connectivity index (χ3v) is 5.30. The van der Waals surface area contributed by atoms with Gasteiger partial charge in [0.25, 0.3) is 0 Å². The zero-order valence-corrected chi connectivity index (χ0v) is 13.9. The van der Waals surface area contributed by atoms with Gasteiger partial charge in [-0.15, -0.1) is 0 Å². The number of fused-ring (bicyclic) bond motifs is 1. The first-order chi connectivity index (χ1) is 10.2. The van der Waals surface area contributed by atoms with Gasteiger partial charge >= 0.3 is 0 Å². The Hall–Kier alpha value is -0.720. The number of carbonyl (C=O) groups is 1. The zero-order valence-electron chi connectivity index (χ0n) is 12.3. The van der Waals surface area contributed by atoms with Crippen molar-refractivity contribution in [3.05, 3.63) is 16.4 Å². The molecule has 2 aliphatic rings. The number of methoxy groups -OCH3 is 1. The first-order valence-electron chi connectivity index (χ1n) is 7.71. The number of nitrogens with zero attached hydrogens (tertiary/aromatic N) is 2. The molecule has 0 radical (unpaired) electrons. The van der Waals surface area contributed by atoms with Crippen LogP contribution >= 0.6 is 15.9 Å². The molecule has 1 saturated heterocycles. The van der Waals surface area contributed by atoms with Gasteiger partial charge in [0.15, 0.2) is 5.78 Å². The van der Waals surface area contributed by atoms with Gasteiger partial charge in [-0.05, 0) is 41.1 Å². The highest BCUT2D eigenvalue weighted by atomic mass is 79.9. The maximum Gasteiger partial charge on any atom is 0.198 e. The summed E-state index contributed by atoms with van der Waals surface area (Å²) < 4.78 is 7.62. The molecule has 0 bridgehead atoms. The van der Waals surface area contributed by atoms with Crippen LogP contribution in [-0.2, 0) is 11.3 Å². The maximum atomic E-state index is 12.9. The highest BCUT2D eigenvalue weighted by Crippen LogP contribution is 2.34. The molecule has 2 heterocycles. The smallest absolute Gasteiger partial charge is 0.198 e. The van der Waals surface area contributed by atoms with Crippen molar-refractivity contribution < 1.29 is 9.53 Å². The summed E-state index contributed by atoms with van der Waals surface area (Å²) in [6, 6.07) is 0.467. The van der Waals surface area contributed by atoms with Crippen LogP contribution in [0.3, 0.4) is 0 Å². The molecule has 6 heteroatoms. The second kappa shape index (κ2) is 6.58. The molecule has 5 nitrogen and oxygen atoms in total. The number of Topliss-reactive ketones (excluding diaryl/α,β-unsaturated/α-hetero) is 1. The Morgan fingerprint density at radius 3 is 3.10 bits per heavy atom. The summed E-state index contributed by atoms with van der Waals surface area (Å²) in [6.45, 7) is 1.15.